The van der Waals surface area contributed by atoms with Crippen molar-refractivity contribution in [1.82, 2.24) is 5.32 Å². The molecule has 1 amide bonds. The molecule has 1 N–H and O–H groups in total. The minimum atomic E-state index is -0.356. The highest BCUT2D eigenvalue weighted by Crippen LogP contribution is 2.24. The zero-order valence-corrected chi connectivity index (χ0v) is 11.8. The molecule has 0 aromatic heterocycles. The Morgan fingerprint density at radius 1 is 1.10 bits per heavy atom. The van der Waals surface area contributed by atoms with Gasteiger partial charge in [0.05, 0.1) is 13.5 Å². The molecule has 0 bridgehead atoms. The topological polar surface area (TPSA) is 64.6 Å². The summed E-state index contributed by atoms with van der Waals surface area (Å²) in [5.41, 5.74) is 0. The van der Waals surface area contributed by atoms with Crippen LogP contribution in [-0.4, -0.2) is 32.1 Å². The molecule has 0 radical (unpaired) electrons. The van der Waals surface area contributed by atoms with Gasteiger partial charge >= 0.3 is 5.97 Å². The maximum Gasteiger partial charge on any atom is 0.307 e. The van der Waals surface area contributed by atoms with E-state index in [1.54, 1.807) is 0 Å². The van der Waals surface area contributed by atoms with Gasteiger partial charge in [0.15, 0.2) is 6.61 Å². The molecule has 0 fully saturated rings. The number of hydrogen-bond donors (Lipinski definition) is 1. The average Bonchev–Trinajstić information content (AvgIpc) is 2.52. The van der Waals surface area contributed by atoms with Gasteiger partial charge in [-0.15, -0.1) is 0 Å². The molecule has 0 heterocycles. The van der Waals surface area contributed by atoms with Gasteiger partial charge in [-0.1, -0.05) is 36.4 Å². The second-order valence-electron chi connectivity index (χ2n) is 4.44. The molecule has 0 saturated carbocycles. The fraction of sp³-hybridized carbons (Fsp3) is 0.250. The van der Waals surface area contributed by atoms with Crippen LogP contribution >= 0.6 is 0 Å². The number of benzene rings is 2. The molecule has 0 aliphatic heterocycles. The van der Waals surface area contributed by atoms with Crippen molar-refractivity contribution in [2.75, 3.05) is 20.3 Å². The molecule has 5 nitrogen and oxygen atoms in total. The number of methoxy groups -OCH3 is 1. The van der Waals surface area contributed by atoms with Gasteiger partial charge in [0.2, 0.25) is 0 Å². The van der Waals surface area contributed by atoms with E-state index in [2.05, 4.69) is 10.1 Å². The molecule has 2 aromatic carbocycles. The molecule has 2 rings (SSSR count). The van der Waals surface area contributed by atoms with Crippen molar-refractivity contribution >= 4 is 22.6 Å². The Balaban J connectivity index is 1.87. The lowest BCUT2D eigenvalue weighted by Gasteiger charge is -2.09. The highest BCUT2D eigenvalue weighted by atomic mass is 16.5. The second kappa shape index (κ2) is 7.28. The summed E-state index contributed by atoms with van der Waals surface area (Å²) in [7, 11) is 1.31. The summed E-state index contributed by atoms with van der Waals surface area (Å²) in [5.74, 6) is 0.0355. The fourth-order valence-electron chi connectivity index (χ4n) is 1.92. The molecule has 0 aliphatic carbocycles. The third kappa shape index (κ3) is 4.21. The number of amides is 1. The SMILES string of the molecule is COC(=O)CCNC(=O)COc1cccc2ccccc12. The zero-order chi connectivity index (χ0) is 15.1. The number of esters is 1. The summed E-state index contributed by atoms with van der Waals surface area (Å²) in [6.07, 6.45) is 0.149. The lowest BCUT2D eigenvalue weighted by Crippen LogP contribution is -2.30. The van der Waals surface area contributed by atoms with E-state index in [0.717, 1.165) is 10.8 Å². The van der Waals surface area contributed by atoms with Crippen molar-refractivity contribution in [3.63, 3.8) is 0 Å². The highest BCUT2D eigenvalue weighted by Gasteiger charge is 2.06. The summed E-state index contributed by atoms with van der Waals surface area (Å²) in [4.78, 5) is 22.5. The average molecular weight is 287 g/mol. The number of nitrogens with one attached hydrogen (secondary N) is 1. The van der Waals surface area contributed by atoms with Crippen LogP contribution in [0, 0.1) is 0 Å². The van der Waals surface area contributed by atoms with Crippen molar-refractivity contribution in [3.05, 3.63) is 42.5 Å². The predicted molar refractivity (Wildman–Crippen MR) is 79.1 cm³/mol. The Morgan fingerprint density at radius 2 is 1.86 bits per heavy atom. The monoisotopic (exact) mass is 287 g/mol. The van der Waals surface area contributed by atoms with Crippen LogP contribution in [0.2, 0.25) is 0 Å². The van der Waals surface area contributed by atoms with Crippen LogP contribution in [0.3, 0.4) is 0 Å². The van der Waals surface area contributed by atoms with E-state index in [1.165, 1.54) is 7.11 Å². The molecule has 0 spiro atoms. The first kappa shape index (κ1) is 14.8. The first-order valence-corrected chi connectivity index (χ1v) is 6.65. The standard InChI is InChI=1S/C16H17NO4/c1-20-16(19)9-10-17-15(18)11-21-14-8-4-6-12-5-2-3-7-13(12)14/h2-8H,9-11H2,1H3,(H,17,18). The number of ether oxygens (including phenoxy) is 2. The van der Waals surface area contributed by atoms with Gasteiger partial charge in [-0.3, -0.25) is 9.59 Å². The van der Waals surface area contributed by atoms with Crippen molar-refractivity contribution in [2.24, 2.45) is 0 Å². The summed E-state index contributed by atoms with van der Waals surface area (Å²) >= 11 is 0. The minimum absolute atomic E-state index is 0.0881. The largest absolute Gasteiger partial charge is 0.483 e. The normalized spacial score (nSPS) is 10.1. The Labute approximate surface area is 122 Å². The van der Waals surface area contributed by atoms with Crippen molar-refractivity contribution in [2.45, 2.75) is 6.42 Å². The van der Waals surface area contributed by atoms with Gasteiger partial charge in [-0.05, 0) is 11.5 Å². The minimum Gasteiger partial charge on any atom is -0.483 e. The molecule has 0 aliphatic rings. The maximum absolute atomic E-state index is 11.6. The van der Waals surface area contributed by atoms with E-state index in [1.807, 2.05) is 42.5 Å². The van der Waals surface area contributed by atoms with E-state index in [-0.39, 0.29) is 31.4 Å². The number of hydrogen-bond acceptors (Lipinski definition) is 4. The van der Waals surface area contributed by atoms with Gasteiger partial charge in [0.1, 0.15) is 5.75 Å². The van der Waals surface area contributed by atoms with Gasteiger partial charge in [-0.25, -0.2) is 0 Å². The second-order valence-corrected chi connectivity index (χ2v) is 4.44. The van der Waals surface area contributed by atoms with Crippen molar-refractivity contribution in [3.8, 4) is 5.75 Å². The Hall–Kier alpha value is -2.56. The summed E-state index contributed by atoms with van der Waals surface area (Å²) in [6.45, 7) is 0.152. The predicted octanol–water partition coefficient (Wildman–Crippen LogP) is 1.90. The zero-order valence-electron chi connectivity index (χ0n) is 11.8. The number of rotatable bonds is 6. The third-order valence-electron chi connectivity index (χ3n) is 2.99. The number of carbonyl (C=O) groups excluding carboxylic acids is 2. The molecule has 2 aromatic rings. The van der Waals surface area contributed by atoms with Crippen LogP contribution in [0.25, 0.3) is 10.8 Å². The van der Waals surface area contributed by atoms with Crippen molar-refractivity contribution < 1.29 is 19.1 Å². The lowest BCUT2D eigenvalue weighted by atomic mass is 10.1. The molecular formula is C16H17NO4. The Bertz CT molecular complexity index is 634. The lowest BCUT2D eigenvalue weighted by molar-refractivity contribution is -0.140. The first-order chi connectivity index (χ1) is 10.2. The van der Waals surface area contributed by atoms with Gasteiger partial charge in [-0.2, -0.15) is 0 Å². The van der Waals surface area contributed by atoms with E-state index in [4.69, 9.17) is 4.74 Å². The summed E-state index contributed by atoms with van der Waals surface area (Å²) in [6, 6.07) is 13.5. The highest BCUT2D eigenvalue weighted by molar-refractivity contribution is 5.88. The molecule has 0 saturated heterocycles. The van der Waals surface area contributed by atoms with Gasteiger partial charge in [0, 0.05) is 11.9 Å². The van der Waals surface area contributed by atoms with Crippen LogP contribution in [0.1, 0.15) is 6.42 Å². The summed E-state index contributed by atoms with van der Waals surface area (Å²) in [5, 5.41) is 4.62. The van der Waals surface area contributed by atoms with Crippen LogP contribution in [0.15, 0.2) is 42.5 Å². The Kier molecular flexibility index (Phi) is 5.15. The molecule has 110 valence electrons. The third-order valence-corrected chi connectivity index (χ3v) is 2.99. The molecule has 5 heteroatoms. The van der Waals surface area contributed by atoms with Crippen LogP contribution in [0.5, 0.6) is 5.75 Å². The summed E-state index contributed by atoms with van der Waals surface area (Å²) < 4.78 is 10.0. The maximum atomic E-state index is 11.6. The van der Waals surface area contributed by atoms with Crippen LogP contribution in [-0.2, 0) is 14.3 Å². The van der Waals surface area contributed by atoms with E-state index >= 15 is 0 Å². The quantitative estimate of drug-likeness (QED) is 0.824. The molecule has 21 heavy (non-hydrogen) atoms. The Morgan fingerprint density at radius 3 is 2.67 bits per heavy atom. The smallest absolute Gasteiger partial charge is 0.307 e. The van der Waals surface area contributed by atoms with E-state index in [0.29, 0.717) is 5.75 Å². The van der Waals surface area contributed by atoms with Crippen molar-refractivity contribution in [1.29, 1.82) is 0 Å². The number of carbonyl (C=O) groups is 2. The fourth-order valence-corrected chi connectivity index (χ4v) is 1.92. The van der Waals surface area contributed by atoms with E-state index in [9.17, 15) is 9.59 Å². The first-order valence-electron chi connectivity index (χ1n) is 6.65. The molecule has 0 unspecified atom stereocenters. The van der Waals surface area contributed by atoms with Gasteiger partial charge in [0.25, 0.3) is 5.91 Å². The van der Waals surface area contributed by atoms with Crippen LogP contribution in [0.4, 0.5) is 0 Å². The van der Waals surface area contributed by atoms with E-state index < -0.39 is 0 Å². The van der Waals surface area contributed by atoms with Gasteiger partial charge < -0.3 is 14.8 Å². The molecular weight excluding hydrogens is 270 g/mol. The number of fused-ring (bicyclic) bond motifs is 1. The van der Waals surface area contributed by atoms with Crippen LogP contribution < -0.4 is 10.1 Å². The molecule has 0 atom stereocenters.